The molecule has 0 aromatic carbocycles. The van der Waals surface area contributed by atoms with Gasteiger partial charge in [-0.25, -0.2) is 0 Å². The molecule has 0 aliphatic heterocycles. The van der Waals surface area contributed by atoms with Gasteiger partial charge in [0.15, 0.2) is 0 Å². The molecule has 0 bridgehead atoms. The number of rotatable bonds is 4. The maximum absolute atomic E-state index is 2.50. The lowest BCUT2D eigenvalue weighted by molar-refractivity contribution is 0.0437. The summed E-state index contributed by atoms with van der Waals surface area (Å²) in [5.41, 5.74) is 1.04. The summed E-state index contributed by atoms with van der Waals surface area (Å²) in [6.45, 7) is 12.1. The predicted octanol–water partition coefficient (Wildman–Crippen LogP) is 5.20. The molecule has 1 aliphatic rings. The van der Waals surface area contributed by atoms with Crippen LogP contribution in [0, 0.1) is 16.7 Å². The molecule has 2 atom stereocenters. The maximum Gasteiger partial charge on any atom is -0.0255 e. The van der Waals surface area contributed by atoms with E-state index in [0.717, 1.165) is 5.92 Å². The van der Waals surface area contributed by atoms with Gasteiger partial charge in [-0.05, 0) is 36.0 Å². The minimum atomic E-state index is 0.495. The van der Waals surface area contributed by atoms with Crippen LogP contribution < -0.4 is 0 Å². The summed E-state index contributed by atoms with van der Waals surface area (Å²) in [5.74, 6) is 0.861. The summed E-state index contributed by atoms with van der Waals surface area (Å²) >= 11 is 0. The van der Waals surface area contributed by atoms with Crippen molar-refractivity contribution in [1.82, 2.24) is 0 Å². The molecule has 0 spiro atoms. The molecule has 0 saturated carbocycles. The summed E-state index contributed by atoms with van der Waals surface area (Å²) in [6, 6.07) is 0. The Bertz CT molecular complexity index is 224. The van der Waals surface area contributed by atoms with Crippen LogP contribution in [-0.4, -0.2) is 0 Å². The van der Waals surface area contributed by atoms with Gasteiger partial charge in [0, 0.05) is 0 Å². The fourth-order valence-corrected chi connectivity index (χ4v) is 3.37. The average molecular weight is 208 g/mol. The van der Waals surface area contributed by atoms with E-state index in [9.17, 15) is 0 Å². The largest absolute Gasteiger partial charge is 0.0882 e. The molecular formula is C15H28. The van der Waals surface area contributed by atoms with E-state index < -0.39 is 0 Å². The SMILES string of the molecule is CCCC1(C)CC=CCC1C(C)(C)CC. The Hall–Kier alpha value is -0.260. The fourth-order valence-electron chi connectivity index (χ4n) is 3.37. The van der Waals surface area contributed by atoms with E-state index in [1.165, 1.54) is 32.1 Å². The second-order valence-electron chi connectivity index (χ2n) is 6.21. The first-order chi connectivity index (χ1) is 6.96. The van der Waals surface area contributed by atoms with Gasteiger partial charge in [-0.1, -0.05) is 59.6 Å². The van der Waals surface area contributed by atoms with E-state index in [0.29, 0.717) is 10.8 Å². The van der Waals surface area contributed by atoms with Gasteiger partial charge in [-0.3, -0.25) is 0 Å². The van der Waals surface area contributed by atoms with Crippen LogP contribution in [0.15, 0.2) is 12.2 Å². The Morgan fingerprint density at radius 1 is 1.27 bits per heavy atom. The molecule has 0 saturated heterocycles. The van der Waals surface area contributed by atoms with E-state index in [2.05, 4.69) is 46.8 Å². The van der Waals surface area contributed by atoms with Crippen molar-refractivity contribution in [3.63, 3.8) is 0 Å². The van der Waals surface area contributed by atoms with Crippen LogP contribution in [0.25, 0.3) is 0 Å². The Balaban J connectivity index is 2.88. The van der Waals surface area contributed by atoms with E-state index in [4.69, 9.17) is 0 Å². The van der Waals surface area contributed by atoms with Crippen molar-refractivity contribution < 1.29 is 0 Å². The molecular weight excluding hydrogens is 180 g/mol. The summed E-state index contributed by atoms with van der Waals surface area (Å²) in [6.07, 6.45) is 11.4. The Morgan fingerprint density at radius 2 is 1.93 bits per heavy atom. The van der Waals surface area contributed by atoms with E-state index >= 15 is 0 Å². The molecule has 0 amide bonds. The third-order valence-corrected chi connectivity index (χ3v) is 4.64. The van der Waals surface area contributed by atoms with Gasteiger partial charge < -0.3 is 0 Å². The molecule has 0 nitrogen and oxygen atoms in total. The third kappa shape index (κ3) is 2.65. The number of hydrogen-bond donors (Lipinski definition) is 0. The lowest BCUT2D eigenvalue weighted by Crippen LogP contribution is -2.39. The maximum atomic E-state index is 2.50. The summed E-state index contributed by atoms with van der Waals surface area (Å²) in [7, 11) is 0. The number of hydrogen-bond acceptors (Lipinski definition) is 0. The molecule has 0 fully saturated rings. The summed E-state index contributed by atoms with van der Waals surface area (Å²) < 4.78 is 0. The molecule has 0 aromatic rings. The second-order valence-corrected chi connectivity index (χ2v) is 6.21. The van der Waals surface area contributed by atoms with E-state index in [-0.39, 0.29) is 0 Å². The van der Waals surface area contributed by atoms with E-state index in [1.54, 1.807) is 0 Å². The van der Waals surface area contributed by atoms with Crippen molar-refractivity contribution in [2.45, 2.75) is 66.7 Å². The molecule has 15 heavy (non-hydrogen) atoms. The predicted molar refractivity (Wildman–Crippen MR) is 69.0 cm³/mol. The lowest BCUT2D eigenvalue weighted by Gasteiger charge is -2.48. The third-order valence-electron chi connectivity index (χ3n) is 4.64. The Labute approximate surface area is 96.2 Å². The van der Waals surface area contributed by atoms with Gasteiger partial charge in [0.1, 0.15) is 0 Å². The fraction of sp³-hybridized carbons (Fsp3) is 0.867. The normalized spacial score (nSPS) is 31.9. The number of allylic oxidation sites excluding steroid dienone is 2. The highest BCUT2D eigenvalue weighted by Gasteiger charge is 2.41. The van der Waals surface area contributed by atoms with Crippen molar-refractivity contribution in [3.05, 3.63) is 12.2 Å². The van der Waals surface area contributed by atoms with Gasteiger partial charge in [0.05, 0.1) is 0 Å². The molecule has 0 N–H and O–H groups in total. The zero-order valence-corrected chi connectivity index (χ0v) is 11.3. The highest BCUT2D eigenvalue weighted by atomic mass is 14.5. The average Bonchev–Trinajstić information content (AvgIpc) is 2.18. The minimum Gasteiger partial charge on any atom is -0.0882 e. The van der Waals surface area contributed by atoms with Gasteiger partial charge in [-0.2, -0.15) is 0 Å². The van der Waals surface area contributed by atoms with Gasteiger partial charge in [-0.15, -0.1) is 0 Å². The van der Waals surface area contributed by atoms with Crippen LogP contribution in [0.2, 0.25) is 0 Å². The summed E-state index contributed by atoms with van der Waals surface area (Å²) in [5, 5.41) is 0. The highest BCUT2D eigenvalue weighted by Crippen LogP contribution is 2.51. The summed E-state index contributed by atoms with van der Waals surface area (Å²) in [4.78, 5) is 0. The van der Waals surface area contributed by atoms with Crippen molar-refractivity contribution in [2.24, 2.45) is 16.7 Å². The quantitative estimate of drug-likeness (QED) is 0.557. The smallest absolute Gasteiger partial charge is 0.0255 e. The first-order valence-electron chi connectivity index (χ1n) is 6.61. The molecule has 0 heterocycles. The van der Waals surface area contributed by atoms with Gasteiger partial charge in [0.25, 0.3) is 0 Å². The Kier molecular flexibility index (Phi) is 4.03. The molecule has 88 valence electrons. The van der Waals surface area contributed by atoms with Crippen molar-refractivity contribution in [3.8, 4) is 0 Å². The molecule has 0 aromatic heterocycles. The zero-order valence-electron chi connectivity index (χ0n) is 11.3. The molecule has 0 radical (unpaired) electrons. The highest BCUT2D eigenvalue weighted by molar-refractivity contribution is 5.04. The molecule has 1 aliphatic carbocycles. The first-order valence-corrected chi connectivity index (χ1v) is 6.61. The van der Waals surface area contributed by atoms with Crippen LogP contribution >= 0.6 is 0 Å². The molecule has 1 rings (SSSR count). The van der Waals surface area contributed by atoms with Crippen LogP contribution in [-0.2, 0) is 0 Å². The van der Waals surface area contributed by atoms with Crippen LogP contribution in [0.4, 0.5) is 0 Å². The standard InChI is InChI=1S/C15H28/c1-6-11-15(5)12-9-8-10-13(15)14(3,4)7-2/h8-9,13H,6-7,10-12H2,1-5H3. The van der Waals surface area contributed by atoms with Gasteiger partial charge >= 0.3 is 0 Å². The zero-order chi connectivity index (χ0) is 11.5. The van der Waals surface area contributed by atoms with Crippen molar-refractivity contribution in [2.75, 3.05) is 0 Å². The van der Waals surface area contributed by atoms with Gasteiger partial charge in [0.2, 0.25) is 0 Å². The van der Waals surface area contributed by atoms with Crippen molar-refractivity contribution >= 4 is 0 Å². The van der Waals surface area contributed by atoms with Crippen LogP contribution in [0.1, 0.15) is 66.7 Å². The topological polar surface area (TPSA) is 0 Å². The monoisotopic (exact) mass is 208 g/mol. The Morgan fingerprint density at radius 3 is 2.47 bits per heavy atom. The molecule has 0 heteroatoms. The van der Waals surface area contributed by atoms with Crippen LogP contribution in [0.5, 0.6) is 0 Å². The molecule has 2 unspecified atom stereocenters. The minimum absolute atomic E-state index is 0.495. The van der Waals surface area contributed by atoms with Crippen LogP contribution in [0.3, 0.4) is 0 Å². The lowest BCUT2D eigenvalue weighted by atomic mass is 9.57. The van der Waals surface area contributed by atoms with E-state index in [1.807, 2.05) is 0 Å². The van der Waals surface area contributed by atoms with Crippen molar-refractivity contribution in [1.29, 1.82) is 0 Å². The second kappa shape index (κ2) is 4.72. The first kappa shape index (κ1) is 12.8.